The molecule has 1 rings (SSSR count). The highest BCUT2D eigenvalue weighted by Gasteiger charge is 2.30. The lowest BCUT2D eigenvalue weighted by atomic mass is 9.94. The molecule has 0 radical (unpaired) electrons. The summed E-state index contributed by atoms with van der Waals surface area (Å²) in [7, 11) is 0. The molecule has 58 valence electrons. The molecule has 2 atom stereocenters. The minimum Gasteiger partial charge on any atom is -0.481 e. The monoisotopic (exact) mass is 143 g/mol. The van der Waals surface area contributed by atoms with Gasteiger partial charge < -0.3 is 10.4 Å². The minimum atomic E-state index is -0.656. The van der Waals surface area contributed by atoms with Gasteiger partial charge in [0, 0.05) is 6.54 Å². The van der Waals surface area contributed by atoms with Gasteiger partial charge in [0.05, 0.1) is 5.92 Å². The van der Waals surface area contributed by atoms with Crippen LogP contribution in [0.2, 0.25) is 0 Å². The molecule has 0 saturated carbocycles. The number of aliphatic carboxylic acids is 1. The van der Waals surface area contributed by atoms with E-state index in [-0.39, 0.29) is 5.92 Å². The van der Waals surface area contributed by atoms with E-state index in [1.807, 2.05) is 6.92 Å². The standard InChI is InChI=1S/C7H13NO2/c1-2-5-3-8-4-6(5)7(9)10/h5-6,8H,2-4H2,1H3,(H,9,10)/t5-,6-/m1/s1. The van der Waals surface area contributed by atoms with Crippen LogP contribution < -0.4 is 5.32 Å². The second kappa shape index (κ2) is 3.01. The van der Waals surface area contributed by atoms with Gasteiger partial charge in [-0.3, -0.25) is 4.79 Å². The highest BCUT2D eigenvalue weighted by molar-refractivity contribution is 5.71. The first kappa shape index (κ1) is 7.54. The zero-order valence-corrected chi connectivity index (χ0v) is 6.13. The van der Waals surface area contributed by atoms with Gasteiger partial charge in [-0.2, -0.15) is 0 Å². The molecule has 0 unspecified atom stereocenters. The minimum absolute atomic E-state index is 0.148. The molecule has 0 amide bonds. The lowest BCUT2D eigenvalue weighted by Crippen LogP contribution is -2.21. The third-order valence-corrected chi connectivity index (χ3v) is 2.18. The van der Waals surface area contributed by atoms with Gasteiger partial charge in [0.15, 0.2) is 0 Å². The second-order valence-corrected chi connectivity index (χ2v) is 2.77. The van der Waals surface area contributed by atoms with Gasteiger partial charge in [0.25, 0.3) is 0 Å². The van der Waals surface area contributed by atoms with Crippen molar-refractivity contribution in [1.82, 2.24) is 5.32 Å². The average molecular weight is 143 g/mol. The maximum atomic E-state index is 10.5. The molecule has 2 N–H and O–H groups in total. The third-order valence-electron chi connectivity index (χ3n) is 2.18. The van der Waals surface area contributed by atoms with Crippen molar-refractivity contribution in [3.63, 3.8) is 0 Å². The van der Waals surface area contributed by atoms with E-state index in [2.05, 4.69) is 5.32 Å². The predicted molar refractivity (Wildman–Crippen MR) is 37.8 cm³/mol. The smallest absolute Gasteiger partial charge is 0.308 e. The Morgan fingerprint density at radius 3 is 2.80 bits per heavy atom. The van der Waals surface area contributed by atoms with Crippen LogP contribution in [-0.2, 0) is 4.79 Å². The van der Waals surface area contributed by atoms with Crippen molar-refractivity contribution in [3.8, 4) is 0 Å². The summed E-state index contributed by atoms with van der Waals surface area (Å²) < 4.78 is 0. The third kappa shape index (κ3) is 1.29. The Balaban J connectivity index is 2.50. The average Bonchev–Trinajstić information content (AvgIpc) is 2.33. The molecule has 0 aromatic rings. The highest BCUT2D eigenvalue weighted by Crippen LogP contribution is 2.19. The molecule has 1 aliphatic heterocycles. The fourth-order valence-corrected chi connectivity index (χ4v) is 1.45. The van der Waals surface area contributed by atoms with E-state index in [1.165, 1.54) is 0 Å². The van der Waals surface area contributed by atoms with Gasteiger partial charge in [-0.25, -0.2) is 0 Å². The fraction of sp³-hybridized carbons (Fsp3) is 0.857. The van der Waals surface area contributed by atoms with Crippen molar-refractivity contribution in [2.75, 3.05) is 13.1 Å². The van der Waals surface area contributed by atoms with Crippen molar-refractivity contribution >= 4 is 5.97 Å². The Morgan fingerprint density at radius 2 is 2.40 bits per heavy atom. The Bertz CT molecular complexity index is 136. The number of carboxylic acid groups (broad SMARTS) is 1. The maximum Gasteiger partial charge on any atom is 0.308 e. The van der Waals surface area contributed by atoms with E-state index in [9.17, 15) is 4.79 Å². The first-order valence-electron chi connectivity index (χ1n) is 3.69. The number of nitrogens with one attached hydrogen (secondary N) is 1. The van der Waals surface area contributed by atoms with Gasteiger partial charge in [-0.15, -0.1) is 0 Å². The number of hydrogen-bond acceptors (Lipinski definition) is 2. The molecule has 3 heteroatoms. The molecule has 10 heavy (non-hydrogen) atoms. The van der Waals surface area contributed by atoms with Crippen molar-refractivity contribution in [1.29, 1.82) is 0 Å². The molecule has 0 aliphatic carbocycles. The summed E-state index contributed by atoms with van der Waals surface area (Å²) in [5.74, 6) is -0.459. The lowest BCUT2D eigenvalue weighted by molar-refractivity contribution is -0.142. The van der Waals surface area contributed by atoms with Crippen LogP contribution in [0.3, 0.4) is 0 Å². The molecule has 0 aromatic carbocycles. The van der Waals surface area contributed by atoms with Crippen LogP contribution in [0.4, 0.5) is 0 Å². The summed E-state index contributed by atoms with van der Waals surface area (Å²) in [6, 6.07) is 0. The molecular formula is C7H13NO2. The fourth-order valence-electron chi connectivity index (χ4n) is 1.45. The molecular weight excluding hydrogens is 130 g/mol. The quantitative estimate of drug-likeness (QED) is 0.585. The van der Waals surface area contributed by atoms with Crippen LogP contribution in [-0.4, -0.2) is 24.2 Å². The summed E-state index contributed by atoms with van der Waals surface area (Å²) in [4.78, 5) is 10.5. The van der Waals surface area contributed by atoms with Crippen molar-refractivity contribution in [3.05, 3.63) is 0 Å². The van der Waals surface area contributed by atoms with Crippen molar-refractivity contribution in [2.45, 2.75) is 13.3 Å². The molecule has 1 aliphatic rings. The van der Waals surface area contributed by atoms with Gasteiger partial charge >= 0.3 is 5.97 Å². The van der Waals surface area contributed by atoms with Crippen LogP contribution in [0.15, 0.2) is 0 Å². The van der Waals surface area contributed by atoms with Gasteiger partial charge in [-0.05, 0) is 12.5 Å². The first-order valence-corrected chi connectivity index (χ1v) is 3.69. The summed E-state index contributed by atoms with van der Waals surface area (Å²) in [6.45, 7) is 3.55. The SMILES string of the molecule is CC[C@@H]1CNC[C@H]1C(=O)O. The molecule has 0 spiro atoms. The first-order chi connectivity index (χ1) is 4.75. The summed E-state index contributed by atoms with van der Waals surface area (Å²) >= 11 is 0. The Kier molecular flexibility index (Phi) is 2.27. The Hall–Kier alpha value is -0.570. The summed E-state index contributed by atoms with van der Waals surface area (Å²) in [6.07, 6.45) is 0.962. The topological polar surface area (TPSA) is 49.3 Å². The van der Waals surface area contributed by atoms with E-state index < -0.39 is 5.97 Å². The number of carbonyl (C=O) groups is 1. The van der Waals surface area contributed by atoms with E-state index in [1.54, 1.807) is 0 Å². The van der Waals surface area contributed by atoms with E-state index in [4.69, 9.17) is 5.11 Å². The van der Waals surface area contributed by atoms with Crippen LogP contribution in [0, 0.1) is 11.8 Å². The molecule has 0 aromatic heterocycles. The molecule has 1 fully saturated rings. The number of rotatable bonds is 2. The van der Waals surface area contributed by atoms with E-state index in [0.717, 1.165) is 13.0 Å². The van der Waals surface area contributed by atoms with E-state index in [0.29, 0.717) is 12.5 Å². The molecule has 1 saturated heterocycles. The summed E-state index contributed by atoms with van der Waals surface area (Å²) in [5.41, 5.74) is 0. The van der Waals surface area contributed by atoms with Crippen LogP contribution >= 0.6 is 0 Å². The molecule has 0 bridgehead atoms. The van der Waals surface area contributed by atoms with E-state index >= 15 is 0 Å². The second-order valence-electron chi connectivity index (χ2n) is 2.77. The number of hydrogen-bond donors (Lipinski definition) is 2. The van der Waals surface area contributed by atoms with Crippen LogP contribution in [0.1, 0.15) is 13.3 Å². The normalized spacial score (nSPS) is 32.5. The van der Waals surface area contributed by atoms with Gasteiger partial charge in [-0.1, -0.05) is 13.3 Å². The zero-order valence-electron chi connectivity index (χ0n) is 6.13. The van der Waals surface area contributed by atoms with Crippen LogP contribution in [0.5, 0.6) is 0 Å². The van der Waals surface area contributed by atoms with Crippen LogP contribution in [0.25, 0.3) is 0 Å². The largest absolute Gasteiger partial charge is 0.481 e. The molecule has 3 nitrogen and oxygen atoms in total. The highest BCUT2D eigenvalue weighted by atomic mass is 16.4. The summed E-state index contributed by atoms with van der Waals surface area (Å²) in [5, 5.41) is 11.7. The Labute approximate surface area is 60.4 Å². The zero-order chi connectivity index (χ0) is 7.56. The van der Waals surface area contributed by atoms with Crippen molar-refractivity contribution in [2.24, 2.45) is 11.8 Å². The lowest BCUT2D eigenvalue weighted by Gasteiger charge is -2.10. The predicted octanol–water partition coefficient (Wildman–Crippen LogP) is 0.317. The van der Waals surface area contributed by atoms with Gasteiger partial charge in [0.1, 0.15) is 0 Å². The number of carboxylic acids is 1. The Morgan fingerprint density at radius 1 is 1.70 bits per heavy atom. The van der Waals surface area contributed by atoms with Crippen molar-refractivity contribution < 1.29 is 9.90 Å². The maximum absolute atomic E-state index is 10.5. The van der Waals surface area contributed by atoms with Gasteiger partial charge in [0.2, 0.25) is 0 Å². The molecule has 1 heterocycles.